The summed E-state index contributed by atoms with van der Waals surface area (Å²) >= 11 is 1.26. The van der Waals surface area contributed by atoms with Gasteiger partial charge in [0.05, 0.1) is 17.5 Å². The molecule has 0 radical (unpaired) electrons. The van der Waals surface area contributed by atoms with Gasteiger partial charge in [-0.2, -0.15) is 0 Å². The summed E-state index contributed by atoms with van der Waals surface area (Å²) in [6, 6.07) is 8.16. The number of primary amides is 1. The maximum absolute atomic E-state index is 12.3. The van der Waals surface area contributed by atoms with E-state index in [9.17, 15) is 9.59 Å². The Kier molecular flexibility index (Phi) is 6.75. The molecule has 0 spiro atoms. The summed E-state index contributed by atoms with van der Waals surface area (Å²) in [6.45, 7) is 6.28. The standard InChI is InChI=1S/C16H24N2O2S/c1-11(2)16(13-8-6-5-7-12(13)3)18(4)15(20)10-21-9-14(17)19/h5-8,11,16H,9-10H2,1-4H3,(H2,17,19)/t16-/m1/s1. The Bertz CT molecular complexity index is 503. The van der Waals surface area contributed by atoms with E-state index in [1.54, 1.807) is 4.90 Å². The van der Waals surface area contributed by atoms with Crippen molar-refractivity contribution < 1.29 is 9.59 Å². The van der Waals surface area contributed by atoms with Crippen LogP contribution < -0.4 is 5.73 Å². The number of thioether (sulfide) groups is 1. The van der Waals surface area contributed by atoms with Crippen molar-refractivity contribution in [1.29, 1.82) is 0 Å². The Morgan fingerprint density at radius 2 is 1.86 bits per heavy atom. The summed E-state index contributed by atoms with van der Waals surface area (Å²) in [5.74, 6) is 0.379. The number of carbonyl (C=O) groups is 2. The number of rotatable bonds is 7. The lowest BCUT2D eigenvalue weighted by atomic mass is 9.91. The van der Waals surface area contributed by atoms with Crippen LogP contribution in [-0.2, 0) is 9.59 Å². The lowest BCUT2D eigenvalue weighted by Crippen LogP contribution is -2.36. The molecule has 1 rings (SSSR count). The second-order valence-corrected chi connectivity index (χ2v) is 6.49. The molecule has 0 aliphatic rings. The van der Waals surface area contributed by atoms with Gasteiger partial charge in [-0.1, -0.05) is 38.1 Å². The van der Waals surface area contributed by atoms with E-state index in [0.717, 1.165) is 0 Å². The molecule has 21 heavy (non-hydrogen) atoms. The van der Waals surface area contributed by atoms with Crippen LogP contribution in [0.2, 0.25) is 0 Å². The summed E-state index contributed by atoms with van der Waals surface area (Å²) in [7, 11) is 1.82. The fraction of sp³-hybridized carbons (Fsp3) is 0.500. The quantitative estimate of drug-likeness (QED) is 0.841. The number of nitrogens with two attached hydrogens (primary N) is 1. The molecule has 116 valence electrons. The lowest BCUT2D eigenvalue weighted by molar-refractivity contribution is -0.130. The first-order valence-electron chi connectivity index (χ1n) is 7.01. The van der Waals surface area contributed by atoms with Gasteiger partial charge in [0.2, 0.25) is 11.8 Å². The molecular formula is C16H24N2O2S. The first-order chi connectivity index (χ1) is 9.84. The molecule has 0 saturated carbocycles. The summed E-state index contributed by atoms with van der Waals surface area (Å²) in [5.41, 5.74) is 7.44. The van der Waals surface area contributed by atoms with Crippen molar-refractivity contribution in [2.45, 2.75) is 26.8 Å². The molecule has 4 nitrogen and oxygen atoms in total. The lowest BCUT2D eigenvalue weighted by Gasteiger charge is -2.32. The minimum atomic E-state index is -0.394. The van der Waals surface area contributed by atoms with E-state index >= 15 is 0 Å². The van der Waals surface area contributed by atoms with E-state index < -0.39 is 5.91 Å². The van der Waals surface area contributed by atoms with Crippen LogP contribution in [0.25, 0.3) is 0 Å². The van der Waals surface area contributed by atoms with Crippen LogP contribution in [-0.4, -0.2) is 35.3 Å². The molecule has 5 heteroatoms. The van der Waals surface area contributed by atoms with Gasteiger partial charge in [0.25, 0.3) is 0 Å². The highest BCUT2D eigenvalue weighted by Gasteiger charge is 2.25. The third-order valence-electron chi connectivity index (χ3n) is 3.42. The van der Waals surface area contributed by atoms with Crippen LogP contribution >= 0.6 is 11.8 Å². The SMILES string of the molecule is Cc1ccccc1[C@@H](C(C)C)N(C)C(=O)CSCC(N)=O. The average molecular weight is 308 g/mol. The van der Waals surface area contributed by atoms with Crippen molar-refractivity contribution in [3.05, 3.63) is 35.4 Å². The molecule has 1 aromatic rings. The van der Waals surface area contributed by atoms with E-state index in [1.807, 2.05) is 19.2 Å². The molecule has 0 unspecified atom stereocenters. The predicted molar refractivity (Wildman–Crippen MR) is 88.0 cm³/mol. The molecular weight excluding hydrogens is 284 g/mol. The van der Waals surface area contributed by atoms with Gasteiger partial charge >= 0.3 is 0 Å². The molecule has 2 N–H and O–H groups in total. The molecule has 0 aliphatic heterocycles. The van der Waals surface area contributed by atoms with E-state index in [0.29, 0.717) is 5.92 Å². The Balaban J connectivity index is 2.83. The molecule has 0 aromatic heterocycles. The van der Waals surface area contributed by atoms with E-state index in [1.165, 1.54) is 22.9 Å². The fourth-order valence-electron chi connectivity index (χ4n) is 2.43. The number of carbonyl (C=O) groups excluding carboxylic acids is 2. The monoisotopic (exact) mass is 308 g/mol. The van der Waals surface area contributed by atoms with E-state index in [-0.39, 0.29) is 23.5 Å². The summed E-state index contributed by atoms with van der Waals surface area (Å²) in [6.07, 6.45) is 0. The second-order valence-electron chi connectivity index (χ2n) is 5.51. The van der Waals surface area contributed by atoms with Crippen molar-refractivity contribution in [1.82, 2.24) is 4.90 Å². The zero-order valence-electron chi connectivity index (χ0n) is 13.1. The van der Waals surface area contributed by atoms with Gasteiger partial charge < -0.3 is 10.6 Å². The van der Waals surface area contributed by atoms with Crippen LogP contribution in [0.15, 0.2) is 24.3 Å². The summed E-state index contributed by atoms with van der Waals surface area (Å²) in [5, 5.41) is 0. The zero-order valence-corrected chi connectivity index (χ0v) is 13.9. The van der Waals surface area contributed by atoms with Crippen LogP contribution in [0, 0.1) is 12.8 Å². The minimum absolute atomic E-state index is 0.0169. The second kappa shape index (κ2) is 8.08. The van der Waals surface area contributed by atoms with Gasteiger partial charge in [0.15, 0.2) is 0 Å². The van der Waals surface area contributed by atoms with Crippen molar-refractivity contribution in [2.24, 2.45) is 11.7 Å². The van der Waals surface area contributed by atoms with Gasteiger partial charge in [0.1, 0.15) is 0 Å². The average Bonchev–Trinajstić information content (AvgIpc) is 2.40. The Morgan fingerprint density at radius 1 is 1.24 bits per heavy atom. The number of benzene rings is 1. The largest absolute Gasteiger partial charge is 0.369 e. The first kappa shape index (κ1) is 17.6. The highest BCUT2D eigenvalue weighted by atomic mass is 32.2. The Morgan fingerprint density at radius 3 is 2.38 bits per heavy atom. The maximum Gasteiger partial charge on any atom is 0.232 e. The maximum atomic E-state index is 12.3. The normalized spacial score (nSPS) is 12.2. The molecule has 0 aliphatic carbocycles. The first-order valence-corrected chi connectivity index (χ1v) is 8.17. The molecule has 0 bridgehead atoms. The van der Waals surface area contributed by atoms with Crippen LogP contribution in [0.1, 0.15) is 31.0 Å². The van der Waals surface area contributed by atoms with Crippen molar-refractivity contribution in [3.8, 4) is 0 Å². The number of hydrogen-bond acceptors (Lipinski definition) is 3. The summed E-state index contributed by atoms with van der Waals surface area (Å²) in [4.78, 5) is 24.8. The van der Waals surface area contributed by atoms with Crippen molar-refractivity contribution in [3.63, 3.8) is 0 Å². The number of aryl methyl sites for hydroxylation is 1. The Hall–Kier alpha value is -1.49. The van der Waals surface area contributed by atoms with Crippen LogP contribution in [0.5, 0.6) is 0 Å². The Labute approximate surface area is 131 Å². The fourth-order valence-corrected chi connectivity index (χ4v) is 3.11. The third kappa shape index (κ3) is 5.08. The van der Waals surface area contributed by atoms with Gasteiger partial charge in [-0.15, -0.1) is 11.8 Å². The summed E-state index contributed by atoms with van der Waals surface area (Å²) < 4.78 is 0. The number of hydrogen-bond donors (Lipinski definition) is 1. The predicted octanol–water partition coefficient (Wildman–Crippen LogP) is 2.37. The molecule has 2 amide bonds. The topological polar surface area (TPSA) is 63.4 Å². The number of nitrogens with zero attached hydrogens (tertiary/aromatic N) is 1. The van der Waals surface area contributed by atoms with Gasteiger partial charge in [-0.25, -0.2) is 0 Å². The highest BCUT2D eigenvalue weighted by Crippen LogP contribution is 2.30. The molecule has 0 fully saturated rings. The molecule has 0 heterocycles. The van der Waals surface area contributed by atoms with Gasteiger partial charge in [-0.05, 0) is 24.0 Å². The third-order valence-corrected chi connectivity index (χ3v) is 4.36. The molecule has 0 saturated heterocycles. The van der Waals surface area contributed by atoms with Crippen LogP contribution in [0.3, 0.4) is 0 Å². The van der Waals surface area contributed by atoms with Crippen molar-refractivity contribution in [2.75, 3.05) is 18.6 Å². The molecule has 1 aromatic carbocycles. The van der Waals surface area contributed by atoms with E-state index in [2.05, 4.69) is 32.9 Å². The van der Waals surface area contributed by atoms with Gasteiger partial charge in [0, 0.05) is 7.05 Å². The minimum Gasteiger partial charge on any atom is -0.369 e. The number of amides is 2. The smallest absolute Gasteiger partial charge is 0.232 e. The van der Waals surface area contributed by atoms with Crippen molar-refractivity contribution >= 4 is 23.6 Å². The van der Waals surface area contributed by atoms with Crippen LogP contribution in [0.4, 0.5) is 0 Å². The molecule has 1 atom stereocenters. The van der Waals surface area contributed by atoms with E-state index in [4.69, 9.17) is 5.73 Å². The highest BCUT2D eigenvalue weighted by molar-refractivity contribution is 8.00. The zero-order chi connectivity index (χ0) is 16.0. The van der Waals surface area contributed by atoms with Gasteiger partial charge in [-0.3, -0.25) is 9.59 Å².